The van der Waals surface area contributed by atoms with E-state index in [9.17, 15) is 22.4 Å². The Balaban J connectivity index is 2.05. The molecule has 0 unspecified atom stereocenters. The van der Waals surface area contributed by atoms with Crippen molar-refractivity contribution in [2.24, 2.45) is 0 Å². The summed E-state index contributed by atoms with van der Waals surface area (Å²) in [5.74, 6) is -0.790. The van der Waals surface area contributed by atoms with Gasteiger partial charge in [-0.1, -0.05) is 18.2 Å². The third-order valence-electron chi connectivity index (χ3n) is 5.37. The first kappa shape index (κ1) is 23.2. The van der Waals surface area contributed by atoms with Crippen molar-refractivity contribution < 1.29 is 26.8 Å². The summed E-state index contributed by atoms with van der Waals surface area (Å²) in [4.78, 5) is 24.2. The highest BCUT2D eigenvalue weighted by molar-refractivity contribution is 7.92. The van der Waals surface area contributed by atoms with Crippen LogP contribution in [-0.2, 0) is 10.0 Å². The van der Waals surface area contributed by atoms with E-state index in [-0.39, 0.29) is 28.3 Å². The number of aldehydes is 1. The van der Waals surface area contributed by atoms with Crippen molar-refractivity contribution >= 4 is 38.9 Å². The van der Waals surface area contributed by atoms with E-state index in [1.165, 1.54) is 44.3 Å². The summed E-state index contributed by atoms with van der Waals surface area (Å²) in [5, 5.41) is 3.02. The van der Waals surface area contributed by atoms with Crippen LogP contribution in [0.4, 0.5) is 10.1 Å². The summed E-state index contributed by atoms with van der Waals surface area (Å²) >= 11 is 0. The second-order valence-corrected chi connectivity index (χ2v) is 9.55. The highest BCUT2D eigenvalue weighted by Gasteiger charge is 2.24. The monoisotopic (exact) mass is 480 g/mol. The Morgan fingerprint density at radius 3 is 2.44 bits per heavy atom. The fourth-order valence-corrected chi connectivity index (χ4v) is 4.29. The number of carbonyl (C=O) groups is 2. The van der Waals surface area contributed by atoms with Crippen molar-refractivity contribution in [3.05, 3.63) is 77.6 Å². The van der Waals surface area contributed by atoms with E-state index in [4.69, 9.17) is 4.42 Å². The molecule has 7 nitrogen and oxygen atoms in total. The Bertz CT molecular complexity index is 1510. The van der Waals surface area contributed by atoms with Crippen molar-refractivity contribution in [1.82, 2.24) is 5.32 Å². The maximum Gasteiger partial charge on any atom is 0.255 e. The Morgan fingerprint density at radius 2 is 1.79 bits per heavy atom. The van der Waals surface area contributed by atoms with Crippen LogP contribution < -0.4 is 10.0 Å². The zero-order valence-electron chi connectivity index (χ0n) is 18.4. The fraction of sp³-hybridized carbons (Fsp3) is 0.120. The molecule has 0 aliphatic carbocycles. The minimum absolute atomic E-state index is 0.151. The summed E-state index contributed by atoms with van der Waals surface area (Å²) in [6, 6.07) is 15.3. The number of halogens is 1. The fourth-order valence-electron chi connectivity index (χ4n) is 3.64. The lowest BCUT2D eigenvalue weighted by atomic mass is 9.98. The molecule has 0 atom stereocenters. The molecular weight excluding hydrogens is 459 g/mol. The van der Waals surface area contributed by atoms with Crippen molar-refractivity contribution in [2.75, 3.05) is 17.5 Å². The summed E-state index contributed by atoms with van der Waals surface area (Å²) < 4.78 is 46.8. The van der Waals surface area contributed by atoms with Crippen LogP contribution in [0.2, 0.25) is 0 Å². The van der Waals surface area contributed by atoms with E-state index in [0.717, 1.165) is 0 Å². The SMILES string of the molecule is CCS(=O)(=O)Nc1cc2oc(-c3ccc(F)cc3)c(C(=O)NC)c2cc1-c1cccc(C=O)c1. The number of rotatable bonds is 7. The minimum Gasteiger partial charge on any atom is -0.455 e. The molecule has 9 heteroatoms. The van der Waals surface area contributed by atoms with Gasteiger partial charge < -0.3 is 9.73 Å². The highest BCUT2D eigenvalue weighted by Crippen LogP contribution is 2.40. The number of anilines is 1. The molecule has 4 aromatic rings. The summed E-state index contributed by atoms with van der Waals surface area (Å²) in [5.41, 5.74) is 2.66. The minimum atomic E-state index is -3.65. The maximum atomic E-state index is 13.5. The number of nitrogens with one attached hydrogen (secondary N) is 2. The third kappa shape index (κ3) is 4.42. The van der Waals surface area contributed by atoms with Crippen LogP contribution in [-0.4, -0.2) is 33.4 Å². The van der Waals surface area contributed by atoms with Gasteiger partial charge in [0.1, 0.15) is 23.4 Å². The van der Waals surface area contributed by atoms with Crippen molar-refractivity contribution in [3.8, 4) is 22.5 Å². The van der Waals surface area contributed by atoms with Crippen LogP contribution in [0.5, 0.6) is 0 Å². The van der Waals surface area contributed by atoms with Crippen molar-refractivity contribution in [2.45, 2.75) is 6.92 Å². The van der Waals surface area contributed by atoms with Gasteiger partial charge in [-0.2, -0.15) is 0 Å². The average Bonchev–Trinajstić information content (AvgIpc) is 3.21. The lowest BCUT2D eigenvalue weighted by molar-refractivity contribution is 0.0964. The van der Waals surface area contributed by atoms with Gasteiger partial charge in [0, 0.05) is 35.2 Å². The number of benzene rings is 3. The molecule has 0 bridgehead atoms. The molecule has 0 saturated heterocycles. The normalized spacial score (nSPS) is 11.4. The van der Waals surface area contributed by atoms with Gasteiger partial charge in [-0.15, -0.1) is 0 Å². The zero-order valence-corrected chi connectivity index (χ0v) is 19.2. The standard InChI is InChI=1S/C25H21FN2O5S/c1-3-34(31,32)28-21-13-22-20(12-19(21)17-6-4-5-15(11-17)14-29)23(25(30)27-2)24(33-22)16-7-9-18(26)10-8-16/h4-14,28H,3H2,1-2H3,(H,27,30). The molecule has 0 aliphatic heterocycles. The molecule has 3 aromatic carbocycles. The molecule has 0 fully saturated rings. The molecule has 1 heterocycles. The Labute approximate surface area is 195 Å². The number of fused-ring (bicyclic) bond motifs is 1. The smallest absolute Gasteiger partial charge is 0.255 e. The van der Waals surface area contributed by atoms with Crippen LogP contribution >= 0.6 is 0 Å². The zero-order chi connectivity index (χ0) is 24.5. The molecule has 0 radical (unpaired) electrons. The summed E-state index contributed by atoms with van der Waals surface area (Å²) in [6.45, 7) is 1.51. The quantitative estimate of drug-likeness (QED) is 0.368. The maximum absolute atomic E-state index is 13.5. The summed E-state index contributed by atoms with van der Waals surface area (Å²) in [6.07, 6.45) is 0.693. The van der Waals surface area contributed by atoms with Crippen LogP contribution in [0.3, 0.4) is 0 Å². The molecule has 1 amide bonds. The molecule has 0 saturated carbocycles. The lowest BCUT2D eigenvalue weighted by Gasteiger charge is -2.13. The Kier molecular flexibility index (Phi) is 6.21. The van der Waals surface area contributed by atoms with Gasteiger partial charge in [0.15, 0.2) is 0 Å². The Hall–Kier alpha value is -3.98. The molecule has 1 aromatic heterocycles. The topological polar surface area (TPSA) is 105 Å². The largest absolute Gasteiger partial charge is 0.455 e. The first-order chi connectivity index (χ1) is 16.3. The van der Waals surface area contributed by atoms with E-state index in [1.54, 1.807) is 30.3 Å². The molecule has 0 aliphatic rings. The third-order valence-corrected chi connectivity index (χ3v) is 6.66. The van der Waals surface area contributed by atoms with Gasteiger partial charge in [-0.25, -0.2) is 12.8 Å². The van der Waals surface area contributed by atoms with E-state index in [2.05, 4.69) is 10.0 Å². The van der Waals surface area contributed by atoms with Gasteiger partial charge in [-0.05, 0) is 48.9 Å². The van der Waals surface area contributed by atoms with Crippen molar-refractivity contribution in [1.29, 1.82) is 0 Å². The molecule has 2 N–H and O–H groups in total. The van der Waals surface area contributed by atoms with Crippen LogP contribution in [0.15, 0.2) is 65.1 Å². The summed E-state index contributed by atoms with van der Waals surface area (Å²) in [7, 11) is -2.17. The predicted octanol–water partition coefficient (Wildman–Crippen LogP) is 4.84. The van der Waals surface area contributed by atoms with Crippen LogP contribution in [0.1, 0.15) is 27.6 Å². The molecular formula is C25H21FN2O5S. The number of carbonyl (C=O) groups excluding carboxylic acids is 2. The van der Waals surface area contributed by atoms with E-state index < -0.39 is 21.7 Å². The van der Waals surface area contributed by atoms with Crippen LogP contribution in [0.25, 0.3) is 33.4 Å². The second kappa shape index (κ2) is 9.11. The molecule has 4 rings (SSSR count). The molecule has 174 valence electrons. The van der Waals surface area contributed by atoms with Gasteiger partial charge in [0.05, 0.1) is 17.0 Å². The molecule has 34 heavy (non-hydrogen) atoms. The van der Waals surface area contributed by atoms with E-state index in [0.29, 0.717) is 33.9 Å². The van der Waals surface area contributed by atoms with Gasteiger partial charge in [-0.3, -0.25) is 14.3 Å². The van der Waals surface area contributed by atoms with Gasteiger partial charge in [0.2, 0.25) is 10.0 Å². The first-order valence-corrected chi connectivity index (χ1v) is 12.1. The van der Waals surface area contributed by atoms with E-state index >= 15 is 0 Å². The lowest BCUT2D eigenvalue weighted by Crippen LogP contribution is -2.18. The van der Waals surface area contributed by atoms with Crippen LogP contribution in [0, 0.1) is 5.82 Å². The number of furan rings is 1. The molecule has 0 spiro atoms. The number of sulfonamides is 1. The van der Waals surface area contributed by atoms with Gasteiger partial charge in [0.25, 0.3) is 5.91 Å². The van der Waals surface area contributed by atoms with E-state index in [1.807, 2.05) is 0 Å². The van der Waals surface area contributed by atoms with Gasteiger partial charge >= 0.3 is 0 Å². The highest BCUT2D eigenvalue weighted by atomic mass is 32.2. The number of hydrogen-bond acceptors (Lipinski definition) is 5. The number of hydrogen-bond donors (Lipinski definition) is 2. The number of amides is 1. The van der Waals surface area contributed by atoms with Crippen molar-refractivity contribution in [3.63, 3.8) is 0 Å². The Morgan fingerprint density at radius 1 is 1.06 bits per heavy atom. The first-order valence-electron chi connectivity index (χ1n) is 10.4. The average molecular weight is 481 g/mol. The second-order valence-electron chi connectivity index (χ2n) is 7.53. The predicted molar refractivity (Wildman–Crippen MR) is 129 cm³/mol.